The standard InChI is InChI=1S/C22H29NO6/c1-14-9-18(16(3)23(14)15(2)12-26-4)19(24)13-29-22(25)11-17-7-8-20(27-5)21(10-17)28-6/h7-10,15H,11-13H2,1-6H3/t15-/m0/s1. The summed E-state index contributed by atoms with van der Waals surface area (Å²) in [5.41, 5.74) is 3.08. The molecule has 0 spiro atoms. The molecular weight excluding hydrogens is 374 g/mol. The van der Waals surface area contributed by atoms with Crippen molar-refractivity contribution >= 4 is 11.8 Å². The summed E-state index contributed by atoms with van der Waals surface area (Å²) in [7, 11) is 4.72. The van der Waals surface area contributed by atoms with E-state index in [-0.39, 0.29) is 24.9 Å². The van der Waals surface area contributed by atoms with Crippen LogP contribution in [0.25, 0.3) is 0 Å². The van der Waals surface area contributed by atoms with Crippen molar-refractivity contribution < 1.29 is 28.5 Å². The minimum atomic E-state index is -0.480. The van der Waals surface area contributed by atoms with Gasteiger partial charge in [-0.2, -0.15) is 0 Å². The van der Waals surface area contributed by atoms with Gasteiger partial charge in [-0.1, -0.05) is 6.07 Å². The second-order valence-corrected chi connectivity index (χ2v) is 6.91. The SMILES string of the molecule is COC[C@H](C)n1c(C)cc(C(=O)COC(=O)Cc2ccc(OC)c(OC)c2)c1C. The summed E-state index contributed by atoms with van der Waals surface area (Å²) < 4.78 is 22.9. The van der Waals surface area contributed by atoms with E-state index in [1.165, 1.54) is 7.11 Å². The lowest BCUT2D eigenvalue weighted by Gasteiger charge is -2.17. The third kappa shape index (κ3) is 5.38. The highest BCUT2D eigenvalue weighted by Crippen LogP contribution is 2.28. The van der Waals surface area contributed by atoms with Gasteiger partial charge in [0, 0.05) is 24.1 Å². The first-order chi connectivity index (χ1) is 13.8. The number of nitrogens with zero attached hydrogens (tertiary/aromatic N) is 1. The molecule has 7 heteroatoms. The minimum absolute atomic E-state index is 0.0392. The van der Waals surface area contributed by atoms with E-state index >= 15 is 0 Å². The highest BCUT2D eigenvalue weighted by molar-refractivity contribution is 5.99. The molecule has 0 aliphatic carbocycles. The van der Waals surface area contributed by atoms with Crippen LogP contribution in [0, 0.1) is 13.8 Å². The van der Waals surface area contributed by atoms with Gasteiger partial charge in [0.15, 0.2) is 18.1 Å². The zero-order valence-electron chi connectivity index (χ0n) is 17.9. The third-order valence-corrected chi connectivity index (χ3v) is 4.79. The van der Waals surface area contributed by atoms with Crippen LogP contribution in [-0.2, 0) is 20.7 Å². The van der Waals surface area contributed by atoms with E-state index in [0.29, 0.717) is 29.2 Å². The molecule has 2 rings (SSSR count). The van der Waals surface area contributed by atoms with Crippen molar-refractivity contribution in [3.8, 4) is 11.5 Å². The third-order valence-electron chi connectivity index (χ3n) is 4.79. The first-order valence-corrected chi connectivity index (χ1v) is 9.39. The molecule has 0 aliphatic heterocycles. The molecule has 0 unspecified atom stereocenters. The van der Waals surface area contributed by atoms with E-state index in [1.807, 2.05) is 26.8 Å². The maximum atomic E-state index is 12.6. The molecule has 2 aromatic rings. The average molecular weight is 403 g/mol. The van der Waals surface area contributed by atoms with Gasteiger partial charge in [0.1, 0.15) is 0 Å². The molecule has 0 fully saturated rings. The van der Waals surface area contributed by atoms with Crippen molar-refractivity contribution in [3.63, 3.8) is 0 Å². The summed E-state index contributed by atoms with van der Waals surface area (Å²) in [4.78, 5) is 24.8. The normalized spacial score (nSPS) is 11.8. The highest BCUT2D eigenvalue weighted by Gasteiger charge is 2.20. The Kier molecular flexibility index (Phi) is 7.84. The van der Waals surface area contributed by atoms with Crippen molar-refractivity contribution in [3.05, 3.63) is 46.8 Å². The van der Waals surface area contributed by atoms with Crippen molar-refractivity contribution in [2.75, 3.05) is 34.5 Å². The van der Waals surface area contributed by atoms with E-state index < -0.39 is 5.97 Å². The van der Waals surface area contributed by atoms with Crippen molar-refractivity contribution in [1.82, 2.24) is 4.57 Å². The molecule has 1 atom stereocenters. The zero-order chi connectivity index (χ0) is 21.6. The van der Waals surface area contributed by atoms with Crippen molar-refractivity contribution in [1.29, 1.82) is 0 Å². The molecule has 0 N–H and O–H groups in total. The molecule has 1 aromatic carbocycles. The van der Waals surface area contributed by atoms with Gasteiger partial charge in [0.2, 0.25) is 5.78 Å². The van der Waals surface area contributed by atoms with Gasteiger partial charge in [-0.15, -0.1) is 0 Å². The molecule has 1 aromatic heterocycles. The van der Waals surface area contributed by atoms with Gasteiger partial charge in [0.05, 0.1) is 33.3 Å². The largest absolute Gasteiger partial charge is 0.493 e. The van der Waals surface area contributed by atoms with E-state index in [1.54, 1.807) is 32.4 Å². The predicted octanol–water partition coefficient (Wildman–Crippen LogP) is 3.30. The monoisotopic (exact) mass is 403 g/mol. The number of aromatic nitrogens is 1. The summed E-state index contributed by atoms with van der Waals surface area (Å²) in [6, 6.07) is 7.13. The first-order valence-electron chi connectivity index (χ1n) is 9.39. The lowest BCUT2D eigenvalue weighted by molar-refractivity contribution is -0.141. The van der Waals surface area contributed by atoms with Crippen LogP contribution in [0.2, 0.25) is 0 Å². The Hall–Kier alpha value is -2.80. The van der Waals surface area contributed by atoms with Gasteiger partial charge in [-0.25, -0.2) is 0 Å². The Balaban J connectivity index is 2.00. The van der Waals surface area contributed by atoms with Crippen molar-refractivity contribution in [2.24, 2.45) is 0 Å². The Bertz CT molecular complexity index is 870. The Morgan fingerprint density at radius 3 is 2.34 bits per heavy atom. The molecule has 0 saturated carbocycles. The second kappa shape index (κ2) is 10.1. The number of aryl methyl sites for hydroxylation is 1. The number of hydrogen-bond donors (Lipinski definition) is 0. The lowest BCUT2D eigenvalue weighted by Crippen LogP contribution is -2.17. The molecule has 0 bridgehead atoms. The van der Waals surface area contributed by atoms with E-state index in [9.17, 15) is 9.59 Å². The van der Waals surface area contributed by atoms with Crippen LogP contribution in [0.5, 0.6) is 11.5 Å². The fraction of sp³-hybridized carbons (Fsp3) is 0.455. The van der Waals surface area contributed by atoms with Crippen molar-refractivity contribution in [2.45, 2.75) is 33.2 Å². The number of carbonyl (C=O) groups is 2. The van der Waals surface area contributed by atoms with Gasteiger partial charge in [0.25, 0.3) is 0 Å². The summed E-state index contributed by atoms with van der Waals surface area (Å²) >= 11 is 0. The number of methoxy groups -OCH3 is 3. The quantitative estimate of drug-likeness (QED) is 0.448. The number of Topliss-reactive ketones (excluding diaryl/α,β-unsaturated/α-hetero) is 1. The summed E-state index contributed by atoms with van der Waals surface area (Å²) in [6.07, 6.45) is 0.0392. The zero-order valence-corrected chi connectivity index (χ0v) is 17.9. The molecule has 1 heterocycles. The Morgan fingerprint density at radius 2 is 1.72 bits per heavy atom. The molecule has 0 amide bonds. The number of carbonyl (C=O) groups excluding carboxylic acids is 2. The van der Waals surface area contributed by atoms with Crippen LogP contribution in [-0.4, -0.2) is 50.9 Å². The first kappa shape index (κ1) is 22.5. The second-order valence-electron chi connectivity index (χ2n) is 6.91. The maximum Gasteiger partial charge on any atom is 0.310 e. The number of hydrogen-bond acceptors (Lipinski definition) is 6. The van der Waals surface area contributed by atoms with E-state index in [4.69, 9.17) is 18.9 Å². The minimum Gasteiger partial charge on any atom is -0.493 e. The average Bonchev–Trinajstić information content (AvgIpc) is 3.00. The molecule has 158 valence electrons. The van der Waals surface area contributed by atoms with Crippen LogP contribution in [0.1, 0.15) is 40.3 Å². The van der Waals surface area contributed by atoms with Gasteiger partial charge in [-0.05, 0) is 44.5 Å². The van der Waals surface area contributed by atoms with E-state index in [0.717, 1.165) is 11.4 Å². The fourth-order valence-electron chi connectivity index (χ4n) is 3.49. The number of rotatable bonds is 10. The van der Waals surface area contributed by atoms with Crippen LogP contribution in [0.4, 0.5) is 0 Å². The van der Waals surface area contributed by atoms with Crippen LogP contribution >= 0.6 is 0 Å². The van der Waals surface area contributed by atoms with Crippen LogP contribution < -0.4 is 9.47 Å². The Labute approximate surface area is 171 Å². The van der Waals surface area contributed by atoms with E-state index in [2.05, 4.69) is 4.57 Å². The van der Waals surface area contributed by atoms with Crippen LogP contribution in [0.3, 0.4) is 0 Å². The van der Waals surface area contributed by atoms with Gasteiger partial charge >= 0.3 is 5.97 Å². The maximum absolute atomic E-state index is 12.6. The molecule has 0 aliphatic rings. The predicted molar refractivity (Wildman–Crippen MR) is 109 cm³/mol. The fourth-order valence-corrected chi connectivity index (χ4v) is 3.49. The summed E-state index contributed by atoms with van der Waals surface area (Å²) in [5.74, 6) is 0.408. The number of ether oxygens (including phenoxy) is 4. The number of ketones is 1. The molecule has 29 heavy (non-hydrogen) atoms. The molecule has 0 saturated heterocycles. The van der Waals surface area contributed by atoms with Gasteiger partial charge in [-0.3, -0.25) is 9.59 Å². The summed E-state index contributed by atoms with van der Waals surface area (Å²) in [5, 5.41) is 0. The summed E-state index contributed by atoms with van der Waals surface area (Å²) in [6.45, 7) is 6.11. The van der Waals surface area contributed by atoms with Crippen LogP contribution in [0.15, 0.2) is 24.3 Å². The smallest absolute Gasteiger partial charge is 0.310 e. The highest BCUT2D eigenvalue weighted by atomic mass is 16.5. The van der Waals surface area contributed by atoms with Gasteiger partial charge < -0.3 is 23.5 Å². The lowest BCUT2D eigenvalue weighted by atomic mass is 10.1. The molecule has 7 nitrogen and oxygen atoms in total. The molecule has 0 radical (unpaired) electrons. The topological polar surface area (TPSA) is 76.0 Å². The Morgan fingerprint density at radius 1 is 1.03 bits per heavy atom. The number of esters is 1. The number of benzene rings is 1. The molecular formula is C22H29NO6.